The monoisotopic (exact) mass is 197 g/mol. The quantitative estimate of drug-likeness (QED) is 0.452. The van der Waals surface area contributed by atoms with Crippen LogP contribution in [0.4, 0.5) is 0 Å². The number of unbranched alkanes of at least 4 members (excludes halogenated alkanes) is 1. The Bertz CT molecular complexity index is 151. The van der Waals surface area contributed by atoms with Crippen LogP contribution in [-0.2, 0) is 4.74 Å². The highest BCUT2D eigenvalue weighted by molar-refractivity contribution is 4.83. The van der Waals surface area contributed by atoms with E-state index in [0.717, 1.165) is 45.3 Å². The second-order valence-corrected chi connectivity index (χ2v) is 3.48. The highest BCUT2D eigenvalue weighted by Gasteiger charge is 2.04. The van der Waals surface area contributed by atoms with Gasteiger partial charge in [-0.1, -0.05) is 6.92 Å². The van der Waals surface area contributed by atoms with Gasteiger partial charge < -0.3 is 10.1 Å². The van der Waals surface area contributed by atoms with Crippen LogP contribution in [0.25, 0.3) is 0 Å². The Labute approximate surface area is 88.4 Å². The Balaban J connectivity index is 3.34. The summed E-state index contributed by atoms with van der Waals surface area (Å²) in [6.45, 7) is 3.86. The van der Waals surface area contributed by atoms with Crippen LogP contribution < -0.4 is 5.32 Å². The van der Waals surface area contributed by atoms with E-state index in [4.69, 9.17) is 11.2 Å². The number of ether oxygens (including phenoxy) is 1. The second-order valence-electron chi connectivity index (χ2n) is 3.48. The van der Waals surface area contributed by atoms with Gasteiger partial charge in [-0.3, -0.25) is 0 Å². The first-order chi connectivity index (χ1) is 6.85. The van der Waals surface area contributed by atoms with E-state index in [2.05, 4.69) is 18.2 Å². The molecule has 1 atom stereocenters. The first kappa shape index (κ1) is 13.5. The van der Waals surface area contributed by atoms with E-state index in [1.54, 1.807) is 0 Å². The molecule has 0 radical (unpaired) electrons. The minimum atomic E-state index is 0.556. The molecule has 1 unspecified atom stereocenters. The van der Waals surface area contributed by atoms with Crippen molar-refractivity contribution in [2.45, 2.75) is 45.1 Å². The normalized spacial score (nSPS) is 12.4. The first-order valence-electron chi connectivity index (χ1n) is 5.53. The zero-order valence-corrected chi connectivity index (χ0v) is 9.51. The predicted octanol–water partition coefficient (Wildman–Crippen LogP) is 2.19. The summed E-state index contributed by atoms with van der Waals surface area (Å²) >= 11 is 0. The van der Waals surface area contributed by atoms with Crippen LogP contribution in [0.15, 0.2) is 0 Å². The molecule has 0 bridgehead atoms. The van der Waals surface area contributed by atoms with Crippen molar-refractivity contribution in [3.63, 3.8) is 0 Å². The molecule has 0 heterocycles. The molecule has 0 fully saturated rings. The topological polar surface area (TPSA) is 21.3 Å². The molecule has 0 aliphatic carbocycles. The van der Waals surface area contributed by atoms with Gasteiger partial charge in [0.15, 0.2) is 0 Å². The van der Waals surface area contributed by atoms with Crippen molar-refractivity contribution < 1.29 is 4.74 Å². The SMILES string of the molecule is C#CCCCC(CCOCCC)NC. The summed E-state index contributed by atoms with van der Waals surface area (Å²) in [5, 5.41) is 3.29. The van der Waals surface area contributed by atoms with Crippen LogP contribution in [0.2, 0.25) is 0 Å². The maximum atomic E-state index is 5.44. The molecule has 0 saturated heterocycles. The van der Waals surface area contributed by atoms with Crippen LogP contribution in [0.1, 0.15) is 39.0 Å². The average molecular weight is 197 g/mol. The summed E-state index contributed by atoms with van der Waals surface area (Å²) in [5.41, 5.74) is 0. The molecule has 0 aromatic heterocycles. The summed E-state index contributed by atoms with van der Waals surface area (Å²) in [4.78, 5) is 0. The van der Waals surface area contributed by atoms with Gasteiger partial charge in [0.25, 0.3) is 0 Å². The fourth-order valence-electron chi connectivity index (χ4n) is 1.36. The summed E-state index contributed by atoms with van der Waals surface area (Å²) in [6.07, 6.45) is 10.5. The minimum Gasteiger partial charge on any atom is -0.381 e. The highest BCUT2D eigenvalue weighted by Crippen LogP contribution is 2.04. The third kappa shape index (κ3) is 8.10. The first-order valence-corrected chi connectivity index (χ1v) is 5.53. The Morgan fingerprint density at radius 2 is 2.14 bits per heavy atom. The number of rotatable bonds is 9. The van der Waals surface area contributed by atoms with Gasteiger partial charge in [-0.05, 0) is 32.7 Å². The van der Waals surface area contributed by atoms with Crippen molar-refractivity contribution in [2.24, 2.45) is 0 Å². The van der Waals surface area contributed by atoms with Crippen molar-refractivity contribution in [3.05, 3.63) is 0 Å². The number of nitrogens with one attached hydrogen (secondary N) is 1. The van der Waals surface area contributed by atoms with Crippen LogP contribution >= 0.6 is 0 Å². The molecule has 0 saturated carbocycles. The molecule has 82 valence electrons. The molecule has 2 heteroatoms. The summed E-state index contributed by atoms with van der Waals surface area (Å²) in [5.74, 6) is 2.66. The smallest absolute Gasteiger partial charge is 0.0480 e. The standard InChI is InChI=1S/C12H23NO/c1-4-6-7-8-12(13-3)9-11-14-10-5-2/h1,12-13H,5-11H2,2-3H3. The van der Waals surface area contributed by atoms with Gasteiger partial charge >= 0.3 is 0 Å². The van der Waals surface area contributed by atoms with E-state index in [1.165, 1.54) is 0 Å². The van der Waals surface area contributed by atoms with Gasteiger partial charge in [0, 0.05) is 25.7 Å². The Morgan fingerprint density at radius 3 is 2.71 bits per heavy atom. The average Bonchev–Trinajstić information content (AvgIpc) is 2.22. The molecule has 0 aromatic rings. The lowest BCUT2D eigenvalue weighted by atomic mass is 10.1. The Hall–Kier alpha value is -0.520. The fraction of sp³-hybridized carbons (Fsp3) is 0.833. The molecular weight excluding hydrogens is 174 g/mol. The van der Waals surface area contributed by atoms with Gasteiger partial charge in [-0.15, -0.1) is 12.3 Å². The van der Waals surface area contributed by atoms with Crippen molar-refractivity contribution in [2.75, 3.05) is 20.3 Å². The van der Waals surface area contributed by atoms with Gasteiger partial charge in [0.2, 0.25) is 0 Å². The lowest BCUT2D eigenvalue weighted by molar-refractivity contribution is 0.124. The van der Waals surface area contributed by atoms with Crippen molar-refractivity contribution in [1.82, 2.24) is 5.32 Å². The summed E-state index contributed by atoms with van der Waals surface area (Å²) in [6, 6.07) is 0.556. The molecule has 2 nitrogen and oxygen atoms in total. The highest BCUT2D eigenvalue weighted by atomic mass is 16.5. The molecular formula is C12H23NO. The molecule has 1 N–H and O–H groups in total. The van der Waals surface area contributed by atoms with Crippen molar-refractivity contribution >= 4 is 0 Å². The summed E-state index contributed by atoms with van der Waals surface area (Å²) in [7, 11) is 2.00. The number of hydrogen-bond acceptors (Lipinski definition) is 2. The maximum Gasteiger partial charge on any atom is 0.0480 e. The van der Waals surface area contributed by atoms with Crippen LogP contribution in [-0.4, -0.2) is 26.3 Å². The van der Waals surface area contributed by atoms with Crippen molar-refractivity contribution in [3.8, 4) is 12.3 Å². The fourth-order valence-corrected chi connectivity index (χ4v) is 1.36. The van der Waals surface area contributed by atoms with E-state index < -0.39 is 0 Å². The van der Waals surface area contributed by atoms with E-state index in [0.29, 0.717) is 6.04 Å². The maximum absolute atomic E-state index is 5.44. The van der Waals surface area contributed by atoms with Crippen LogP contribution in [0.3, 0.4) is 0 Å². The number of hydrogen-bond donors (Lipinski definition) is 1. The second kappa shape index (κ2) is 10.6. The van der Waals surface area contributed by atoms with Gasteiger partial charge in [0.05, 0.1) is 0 Å². The largest absolute Gasteiger partial charge is 0.381 e. The molecule has 14 heavy (non-hydrogen) atoms. The molecule has 0 aliphatic heterocycles. The van der Waals surface area contributed by atoms with Crippen molar-refractivity contribution in [1.29, 1.82) is 0 Å². The predicted molar refractivity (Wildman–Crippen MR) is 61.3 cm³/mol. The van der Waals surface area contributed by atoms with E-state index in [-0.39, 0.29) is 0 Å². The third-order valence-corrected chi connectivity index (χ3v) is 2.24. The van der Waals surface area contributed by atoms with Crippen LogP contribution in [0, 0.1) is 12.3 Å². The van der Waals surface area contributed by atoms with E-state index in [1.807, 2.05) is 7.05 Å². The Kier molecular flexibility index (Phi) is 10.2. The third-order valence-electron chi connectivity index (χ3n) is 2.24. The van der Waals surface area contributed by atoms with Gasteiger partial charge in [0.1, 0.15) is 0 Å². The number of terminal acetylenes is 1. The lowest BCUT2D eigenvalue weighted by Gasteiger charge is -2.15. The van der Waals surface area contributed by atoms with Crippen LogP contribution in [0.5, 0.6) is 0 Å². The van der Waals surface area contributed by atoms with E-state index >= 15 is 0 Å². The minimum absolute atomic E-state index is 0.556. The summed E-state index contributed by atoms with van der Waals surface area (Å²) < 4.78 is 5.44. The zero-order chi connectivity index (χ0) is 10.6. The lowest BCUT2D eigenvalue weighted by Crippen LogP contribution is -2.26. The van der Waals surface area contributed by atoms with Gasteiger partial charge in [-0.25, -0.2) is 0 Å². The zero-order valence-electron chi connectivity index (χ0n) is 9.51. The molecule has 0 amide bonds. The molecule has 0 aliphatic rings. The Morgan fingerprint density at radius 1 is 1.36 bits per heavy atom. The molecule has 0 spiro atoms. The molecule has 0 rings (SSSR count). The van der Waals surface area contributed by atoms with E-state index in [9.17, 15) is 0 Å². The van der Waals surface area contributed by atoms with Gasteiger partial charge in [-0.2, -0.15) is 0 Å². The molecule has 0 aromatic carbocycles.